The zero-order valence-electron chi connectivity index (χ0n) is 17.2. The molecule has 3 N–H and O–H groups in total. The number of hydrogen-bond acceptors (Lipinski definition) is 6. The highest BCUT2D eigenvalue weighted by atomic mass is 32.1. The Labute approximate surface area is 194 Å². The standard InChI is InChI=1S/C24H18FNO3S.H3NS/c1-29-21-12-18(24(27)28)19(25)11-17(21)16-8-9-22-20(10-16)26-23(30-22)15-6-4-14(5-7-15)13-2-3-13;1-2/h4-13H,2-3H2,1H3,(H,27,28);2H,1H2. The molecule has 0 aliphatic heterocycles. The van der Waals surface area contributed by atoms with E-state index in [1.807, 2.05) is 18.2 Å². The molecular weight excluding hydrogens is 447 g/mol. The number of methoxy groups -OCH3 is 1. The molecule has 5 nitrogen and oxygen atoms in total. The van der Waals surface area contributed by atoms with Crippen LogP contribution in [0.3, 0.4) is 0 Å². The van der Waals surface area contributed by atoms with E-state index in [2.05, 4.69) is 42.2 Å². The molecule has 0 unspecified atom stereocenters. The molecule has 1 aliphatic rings. The van der Waals surface area contributed by atoms with Crippen LogP contribution in [-0.2, 0) is 0 Å². The first-order valence-electron chi connectivity index (χ1n) is 9.91. The van der Waals surface area contributed by atoms with Crippen molar-refractivity contribution in [1.29, 1.82) is 0 Å². The first-order chi connectivity index (χ1) is 15.5. The molecule has 1 aromatic heterocycles. The van der Waals surface area contributed by atoms with Crippen molar-refractivity contribution in [2.75, 3.05) is 7.11 Å². The number of rotatable bonds is 5. The predicted octanol–water partition coefficient (Wildman–Crippen LogP) is 6.14. The summed E-state index contributed by atoms with van der Waals surface area (Å²) in [5, 5.41) is 14.3. The van der Waals surface area contributed by atoms with Crippen LogP contribution < -0.4 is 9.88 Å². The third-order valence-electron chi connectivity index (χ3n) is 5.42. The van der Waals surface area contributed by atoms with Crippen molar-refractivity contribution in [3.8, 4) is 27.4 Å². The Balaban J connectivity index is 0.00000119. The lowest BCUT2D eigenvalue weighted by Gasteiger charge is -2.10. The predicted molar refractivity (Wildman–Crippen MR) is 129 cm³/mol. The van der Waals surface area contributed by atoms with E-state index < -0.39 is 17.3 Å². The van der Waals surface area contributed by atoms with Crippen LogP contribution in [0.4, 0.5) is 4.39 Å². The molecule has 1 heterocycles. The van der Waals surface area contributed by atoms with Crippen LogP contribution in [0.15, 0.2) is 54.6 Å². The fourth-order valence-electron chi connectivity index (χ4n) is 3.64. The highest BCUT2D eigenvalue weighted by molar-refractivity contribution is 7.77. The number of ether oxygens (including phenoxy) is 1. The number of carboxylic acid groups (broad SMARTS) is 1. The maximum Gasteiger partial charge on any atom is 0.338 e. The van der Waals surface area contributed by atoms with Crippen molar-refractivity contribution in [3.63, 3.8) is 0 Å². The molecule has 0 bridgehead atoms. The minimum atomic E-state index is -1.33. The van der Waals surface area contributed by atoms with E-state index in [-0.39, 0.29) is 0 Å². The van der Waals surface area contributed by atoms with Crippen molar-refractivity contribution in [3.05, 3.63) is 71.5 Å². The van der Waals surface area contributed by atoms with Gasteiger partial charge in [0.05, 0.1) is 22.9 Å². The van der Waals surface area contributed by atoms with Gasteiger partial charge in [0.15, 0.2) is 0 Å². The van der Waals surface area contributed by atoms with E-state index in [0.29, 0.717) is 11.3 Å². The molecule has 0 spiro atoms. The van der Waals surface area contributed by atoms with Crippen LogP contribution in [0.1, 0.15) is 34.7 Å². The molecule has 1 saturated carbocycles. The number of halogens is 1. The number of carbonyl (C=O) groups is 1. The Morgan fingerprint density at radius 3 is 2.44 bits per heavy atom. The van der Waals surface area contributed by atoms with E-state index in [1.54, 1.807) is 11.3 Å². The zero-order valence-corrected chi connectivity index (χ0v) is 18.9. The number of nitrogens with two attached hydrogens (primary N) is 1. The van der Waals surface area contributed by atoms with Gasteiger partial charge in [-0.25, -0.2) is 14.2 Å². The minimum Gasteiger partial charge on any atom is -0.496 e. The lowest BCUT2D eigenvalue weighted by atomic mass is 10.0. The van der Waals surface area contributed by atoms with E-state index in [1.165, 1.54) is 37.6 Å². The van der Waals surface area contributed by atoms with Gasteiger partial charge >= 0.3 is 5.97 Å². The molecule has 4 aromatic rings. The molecule has 164 valence electrons. The molecule has 8 heteroatoms. The Hall–Kier alpha value is -2.94. The largest absolute Gasteiger partial charge is 0.496 e. The number of fused-ring (bicyclic) bond motifs is 1. The third kappa shape index (κ3) is 4.34. The van der Waals surface area contributed by atoms with Gasteiger partial charge in [0.2, 0.25) is 0 Å². The van der Waals surface area contributed by atoms with Gasteiger partial charge in [-0.15, -0.1) is 24.2 Å². The van der Waals surface area contributed by atoms with E-state index in [9.17, 15) is 9.18 Å². The van der Waals surface area contributed by atoms with Crippen molar-refractivity contribution in [1.82, 2.24) is 4.98 Å². The second-order valence-corrected chi connectivity index (χ2v) is 8.47. The highest BCUT2D eigenvalue weighted by Gasteiger charge is 2.23. The summed E-state index contributed by atoms with van der Waals surface area (Å²) < 4.78 is 20.6. The molecule has 0 atom stereocenters. The smallest absolute Gasteiger partial charge is 0.338 e. The number of hydrogen-bond donors (Lipinski definition) is 3. The summed E-state index contributed by atoms with van der Waals surface area (Å²) in [5.74, 6) is -1.10. The van der Waals surface area contributed by atoms with Crippen LogP contribution in [0.2, 0.25) is 0 Å². The lowest BCUT2D eigenvalue weighted by Crippen LogP contribution is -2.02. The van der Waals surface area contributed by atoms with Crippen molar-refractivity contribution >= 4 is 40.3 Å². The van der Waals surface area contributed by atoms with Crippen LogP contribution in [-0.4, -0.2) is 23.2 Å². The molecule has 5 rings (SSSR count). The summed E-state index contributed by atoms with van der Waals surface area (Å²) in [6.45, 7) is 0. The average Bonchev–Trinajstić information content (AvgIpc) is 3.58. The van der Waals surface area contributed by atoms with Gasteiger partial charge < -0.3 is 9.84 Å². The summed E-state index contributed by atoms with van der Waals surface area (Å²) in [7, 11) is 1.44. The Kier molecular flexibility index (Phi) is 6.45. The summed E-state index contributed by atoms with van der Waals surface area (Å²) in [6, 6.07) is 16.7. The second kappa shape index (κ2) is 9.28. The van der Waals surface area contributed by atoms with E-state index in [4.69, 9.17) is 14.8 Å². The maximum absolute atomic E-state index is 14.3. The maximum atomic E-state index is 14.3. The van der Waals surface area contributed by atoms with Gasteiger partial charge in [0.1, 0.15) is 16.6 Å². The first-order valence-corrected chi connectivity index (χ1v) is 11.2. The molecular formula is C24H21FN2O3S2. The number of benzene rings is 3. The molecule has 0 amide bonds. The number of thiazole rings is 1. The number of carboxylic acids is 1. The van der Waals surface area contributed by atoms with Gasteiger partial charge in [0.25, 0.3) is 0 Å². The second-order valence-electron chi connectivity index (χ2n) is 7.44. The lowest BCUT2D eigenvalue weighted by molar-refractivity contribution is 0.0691. The zero-order chi connectivity index (χ0) is 22.8. The SMILES string of the molecule is COc1cc(C(=O)O)c(F)cc1-c1ccc2sc(-c3ccc(C4CC4)cc3)nc2c1.NS. The van der Waals surface area contributed by atoms with Gasteiger partial charge in [-0.1, -0.05) is 30.3 Å². The van der Waals surface area contributed by atoms with E-state index >= 15 is 0 Å². The summed E-state index contributed by atoms with van der Waals surface area (Å²) >= 11 is 4.64. The molecule has 0 saturated heterocycles. The number of thiol groups is 1. The van der Waals surface area contributed by atoms with Crippen LogP contribution >= 0.6 is 24.2 Å². The average molecular weight is 469 g/mol. The summed E-state index contributed by atoms with van der Waals surface area (Å²) in [6.07, 6.45) is 2.56. The fraction of sp³-hybridized carbons (Fsp3) is 0.167. The van der Waals surface area contributed by atoms with Crippen molar-refractivity contribution in [2.24, 2.45) is 5.14 Å². The van der Waals surface area contributed by atoms with Crippen LogP contribution in [0, 0.1) is 5.82 Å². The van der Waals surface area contributed by atoms with Crippen LogP contribution in [0.5, 0.6) is 5.75 Å². The first kappa shape index (κ1) is 22.3. The normalized spacial score (nSPS) is 12.9. The molecule has 1 aliphatic carbocycles. The van der Waals surface area contributed by atoms with Crippen molar-refractivity contribution in [2.45, 2.75) is 18.8 Å². The van der Waals surface area contributed by atoms with Crippen molar-refractivity contribution < 1.29 is 19.0 Å². The third-order valence-corrected chi connectivity index (χ3v) is 6.51. The Morgan fingerprint density at radius 1 is 1.12 bits per heavy atom. The monoisotopic (exact) mass is 468 g/mol. The topological polar surface area (TPSA) is 85.4 Å². The Bertz CT molecular complexity index is 1280. The number of aromatic carboxylic acids is 1. The van der Waals surface area contributed by atoms with E-state index in [0.717, 1.165) is 32.3 Å². The van der Waals surface area contributed by atoms with Gasteiger partial charge in [0, 0.05) is 11.1 Å². The fourth-order valence-corrected chi connectivity index (χ4v) is 4.60. The molecule has 3 aromatic carbocycles. The summed E-state index contributed by atoms with van der Waals surface area (Å²) in [4.78, 5) is 16.0. The van der Waals surface area contributed by atoms with Crippen LogP contribution in [0.25, 0.3) is 31.9 Å². The van der Waals surface area contributed by atoms with Gasteiger partial charge in [-0.3, -0.25) is 5.14 Å². The molecule has 32 heavy (non-hydrogen) atoms. The number of aromatic nitrogens is 1. The molecule has 1 fully saturated rings. The van der Waals surface area contributed by atoms with Gasteiger partial charge in [-0.05, 0) is 54.2 Å². The molecule has 0 radical (unpaired) electrons. The van der Waals surface area contributed by atoms with Gasteiger partial charge in [-0.2, -0.15) is 0 Å². The highest BCUT2D eigenvalue weighted by Crippen LogP contribution is 2.41. The minimum absolute atomic E-state index is 0.305. The number of nitrogens with zero attached hydrogens (tertiary/aromatic N) is 1. The Morgan fingerprint density at radius 2 is 1.81 bits per heavy atom. The quantitative estimate of drug-likeness (QED) is 0.306. The summed E-state index contributed by atoms with van der Waals surface area (Å²) in [5.41, 5.74) is 4.07.